The van der Waals surface area contributed by atoms with E-state index in [1.807, 2.05) is 43.3 Å². The summed E-state index contributed by atoms with van der Waals surface area (Å²) in [4.78, 5) is 18.2. The molecule has 2 N–H and O–H groups in total. The van der Waals surface area contributed by atoms with Gasteiger partial charge in [0.25, 0.3) is 5.91 Å². The molecule has 1 amide bonds. The van der Waals surface area contributed by atoms with Gasteiger partial charge in [-0.25, -0.2) is 0 Å². The summed E-state index contributed by atoms with van der Waals surface area (Å²) < 4.78 is 1.02. The lowest BCUT2D eigenvalue weighted by molar-refractivity contribution is 0.0950. The zero-order valence-corrected chi connectivity index (χ0v) is 14.2. The molecule has 1 aromatic carbocycles. The summed E-state index contributed by atoms with van der Waals surface area (Å²) in [5.41, 5.74) is 2.26. The number of carbonyl (C=O) groups is 1. The normalized spacial score (nSPS) is 10.5. The third kappa shape index (κ3) is 5.13. The Hall–Kier alpha value is -1.92. The molecular formula is C16H19BrN4O. The van der Waals surface area contributed by atoms with Crippen LogP contribution in [0, 0.1) is 0 Å². The second-order valence-corrected chi connectivity index (χ2v) is 6.07. The number of aromatic nitrogens is 1. The third-order valence-corrected chi connectivity index (χ3v) is 3.51. The van der Waals surface area contributed by atoms with Gasteiger partial charge in [-0.05, 0) is 44.4 Å². The van der Waals surface area contributed by atoms with Gasteiger partial charge in [0.15, 0.2) is 0 Å². The quantitative estimate of drug-likeness (QED) is 0.829. The first-order valence-corrected chi connectivity index (χ1v) is 7.74. The zero-order chi connectivity index (χ0) is 15.9. The first kappa shape index (κ1) is 16.5. The van der Waals surface area contributed by atoms with Crippen LogP contribution in [-0.2, 0) is 0 Å². The number of nitrogens with one attached hydrogen (secondary N) is 2. The molecule has 0 bridgehead atoms. The number of likely N-dealkylation sites (N-methyl/N-ethyl adjacent to an activating group) is 1. The highest BCUT2D eigenvalue weighted by Gasteiger charge is 2.07. The Labute approximate surface area is 138 Å². The van der Waals surface area contributed by atoms with Gasteiger partial charge >= 0.3 is 0 Å². The summed E-state index contributed by atoms with van der Waals surface area (Å²) in [6, 6.07) is 9.60. The fraction of sp³-hybridized carbons (Fsp3) is 0.250. The Kier molecular flexibility index (Phi) is 5.91. The molecule has 0 saturated carbocycles. The average molecular weight is 363 g/mol. The van der Waals surface area contributed by atoms with E-state index in [9.17, 15) is 4.79 Å². The summed E-state index contributed by atoms with van der Waals surface area (Å²) in [7, 11) is 3.94. The van der Waals surface area contributed by atoms with Crippen LogP contribution in [0.4, 0.5) is 11.4 Å². The van der Waals surface area contributed by atoms with Crippen LogP contribution in [0.1, 0.15) is 10.4 Å². The fourth-order valence-corrected chi connectivity index (χ4v) is 2.09. The summed E-state index contributed by atoms with van der Waals surface area (Å²) in [5.74, 6) is -0.117. The van der Waals surface area contributed by atoms with E-state index in [2.05, 4.69) is 31.5 Å². The van der Waals surface area contributed by atoms with Crippen molar-refractivity contribution in [3.8, 4) is 0 Å². The maximum absolute atomic E-state index is 12.1. The van der Waals surface area contributed by atoms with Gasteiger partial charge in [-0.2, -0.15) is 0 Å². The molecule has 0 aliphatic heterocycles. The number of carbonyl (C=O) groups excluding carboxylic acids is 1. The van der Waals surface area contributed by atoms with Gasteiger partial charge in [-0.1, -0.05) is 15.9 Å². The van der Waals surface area contributed by atoms with Gasteiger partial charge < -0.3 is 15.5 Å². The van der Waals surface area contributed by atoms with Crippen LogP contribution in [0.25, 0.3) is 0 Å². The highest BCUT2D eigenvalue weighted by molar-refractivity contribution is 9.10. The third-order valence-electron chi connectivity index (χ3n) is 2.98. The van der Waals surface area contributed by atoms with E-state index < -0.39 is 0 Å². The summed E-state index contributed by atoms with van der Waals surface area (Å²) in [6.45, 7) is 1.41. The van der Waals surface area contributed by atoms with Crippen LogP contribution in [0.15, 0.2) is 47.2 Å². The molecule has 5 nitrogen and oxygen atoms in total. The van der Waals surface area contributed by atoms with E-state index in [4.69, 9.17) is 0 Å². The van der Waals surface area contributed by atoms with Crippen molar-refractivity contribution in [2.75, 3.05) is 32.5 Å². The minimum absolute atomic E-state index is 0.117. The molecule has 0 aliphatic rings. The van der Waals surface area contributed by atoms with Gasteiger partial charge in [0, 0.05) is 29.4 Å². The van der Waals surface area contributed by atoms with Gasteiger partial charge in [0.1, 0.15) is 0 Å². The Morgan fingerprint density at radius 1 is 1.18 bits per heavy atom. The van der Waals surface area contributed by atoms with Crippen LogP contribution in [0.2, 0.25) is 0 Å². The minimum Gasteiger partial charge on any atom is -0.354 e. The lowest BCUT2D eigenvalue weighted by atomic mass is 10.2. The molecule has 1 heterocycles. The van der Waals surface area contributed by atoms with Crippen LogP contribution in [0.5, 0.6) is 0 Å². The largest absolute Gasteiger partial charge is 0.354 e. The van der Waals surface area contributed by atoms with Gasteiger partial charge in [-0.15, -0.1) is 0 Å². The molecule has 116 valence electrons. The smallest absolute Gasteiger partial charge is 0.252 e. The first-order chi connectivity index (χ1) is 10.5. The van der Waals surface area contributed by atoms with Crippen molar-refractivity contribution in [3.63, 3.8) is 0 Å². The number of nitrogens with zero attached hydrogens (tertiary/aromatic N) is 2. The predicted octanol–water partition coefficient (Wildman–Crippen LogP) is 2.88. The Morgan fingerprint density at radius 3 is 2.59 bits per heavy atom. The fourth-order valence-electron chi connectivity index (χ4n) is 1.83. The molecule has 0 fully saturated rings. The maximum atomic E-state index is 12.1. The van der Waals surface area contributed by atoms with Gasteiger partial charge in [-0.3, -0.25) is 9.78 Å². The number of pyridine rings is 1. The monoisotopic (exact) mass is 362 g/mol. The Morgan fingerprint density at radius 2 is 1.91 bits per heavy atom. The number of anilines is 2. The van der Waals surface area contributed by atoms with Crippen molar-refractivity contribution in [3.05, 3.63) is 52.8 Å². The Bertz CT molecular complexity index is 628. The number of hydrogen-bond donors (Lipinski definition) is 2. The number of halogens is 1. The molecule has 0 unspecified atom stereocenters. The van der Waals surface area contributed by atoms with Crippen molar-refractivity contribution in [2.45, 2.75) is 0 Å². The first-order valence-electron chi connectivity index (χ1n) is 6.95. The molecular weight excluding hydrogens is 344 g/mol. The predicted molar refractivity (Wildman–Crippen MR) is 92.5 cm³/mol. The van der Waals surface area contributed by atoms with E-state index in [-0.39, 0.29) is 5.91 Å². The SMILES string of the molecule is CN(C)CCNC(=O)c1cncc(Nc2ccc(Br)cc2)c1. The van der Waals surface area contributed by atoms with Crippen molar-refractivity contribution in [1.82, 2.24) is 15.2 Å². The Balaban J connectivity index is 2.00. The number of amides is 1. The second kappa shape index (κ2) is 7.91. The maximum Gasteiger partial charge on any atom is 0.252 e. The van der Waals surface area contributed by atoms with Crippen molar-refractivity contribution in [1.29, 1.82) is 0 Å². The van der Waals surface area contributed by atoms with Crippen LogP contribution >= 0.6 is 15.9 Å². The van der Waals surface area contributed by atoms with Crippen molar-refractivity contribution in [2.24, 2.45) is 0 Å². The van der Waals surface area contributed by atoms with Gasteiger partial charge in [0.2, 0.25) is 0 Å². The summed E-state index contributed by atoms with van der Waals surface area (Å²) in [6.07, 6.45) is 3.26. The number of benzene rings is 1. The zero-order valence-electron chi connectivity index (χ0n) is 12.6. The molecule has 0 atom stereocenters. The van der Waals surface area contributed by atoms with Crippen LogP contribution < -0.4 is 10.6 Å². The molecule has 22 heavy (non-hydrogen) atoms. The molecule has 0 radical (unpaired) electrons. The molecule has 0 spiro atoms. The minimum atomic E-state index is -0.117. The van der Waals surface area contributed by atoms with Gasteiger partial charge in [0.05, 0.1) is 17.4 Å². The van der Waals surface area contributed by atoms with E-state index in [1.165, 1.54) is 0 Å². The average Bonchev–Trinajstić information content (AvgIpc) is 2.49. The van der Waals surface area contributed by atoms with Crippen LogP contribution in [-0.4, -0.2) is 43.0 Å². The number of hydrogen-bond acceptors (Lipinski definition) is 4. The van der Waals surface area contributed by atoms with Crippen molar-refractivity contribution >= 4 is 33.2 Å². The lowest BCUT2D eigenvalue weighted by Gasteiger charge is -2.11. The standard InChI is InChI=1S/C16H19BrN4O/c1-21(2)8-7-19-16(22)12-9-15(11-18-10-12)20-14-5-3-13(17)4-6-14/h3-6,9-11,20H,7-8H2,1-2H3,(H,19,22). The molecule has 2 rings (SSSR count). The van der Waals surface area contributed by atoms with E-state index >= 15 is 0 Å². The highest BCUT2D eigenvalue weighted by Crippen LogP contribution is 2.19. The van der Waals surface area contributed by atoms with Crippen LogP contribution in [0.3, 0.4) is 0 Å². The molecule has 0 saturated heterocycles. The number of rotatable bonds is 6. The topological polar surface area (TPSA) is 57.3 Å². The van der Waals surface area contributed by atoms with Crippen molar-refractivity contribution < 1.29 is 4.79 Å². The van der Waals surface area contributed by atoms with E-state index in [0.717, 1.165) is 22.4 Å². The second-order valence-electron chi connectivity index (χ2n) is 5.15. The molecule has 1 aromatic heterocycles. The molecule has 2 aromatic rings. The van der Waals surface area contributed by atoms with E-state index in [1.54, 1.807) is 18.5 Å². The lowest BCUT2D eigenvalue weighted by Crippen LogP contribution is -2.31. The molecule has 6 heteroatoms. The summed E-state index contributed by atoms with van der Waals surface area (Å²) >= 11 is 3.40. The highest BCUT2D eigenvalue weighted by atomic mass is 79.9. The van der Waals surface area contributed by atoms with E-state index in [0.29, 0.717) is 12.1 Å². The summed E-state index contributed by atoms with van der Waals surface area (Å²) in [5, 5.41) is 6.10. The molecule has 0 aliphatic carbocycles.